The monoisotopic (exact) mass is 228 g/mol. The Morgan fingerprint density at radius 1 is 1.44 bits per heavy atom. The van der Waals surface area contributed by atoms with Gasteiger partial charge in [-0.1, -0.05) is 13.3 Å². The zero-order valence-electron chi connectivity index (χ0n) is 8.93. The Bertz CT molecular complexity index is 397. The van der Waals surface area contributed by atoms with E-state index < -0.39 is 11.6 Å². The Hall–Kier alpha value is -1.43. The molecule has 1 aliphatic rings. The van der Waals surface area contributed by atoms with Gasteiger partial charge >= 0.3 is 0 Å². The zero-order valence-corrected chi connectivity index (χ0v) is 8.93. The minimum Gasteiger partial charge on any atom is -0.365 e. The highest BCUT2D eigenvalue weighted by atomic mass is 19.1. The van der Waals surface area contributed by atoms with Gasteiger partial charge in [0.25, 0.3) is 0 Å². The highest BCUT2D eigenvalue weighted by molar-refractivity contribution is 5.48. The average Bonchev–Trinajstić information content (AvgIpc) is 3.00. The number of nitrogens with one attached hydrogen (secondary N) is 2. The van der Waals surface area contributed by atoms with E-state index in [0.29, 0.717) is 5.92 Å². The molecule has 0 aromatic carbocycles. The van der Waals surface area contributed by atoms with Gasteiger partial charge in [-0.25, -0.2) is 19.6 Å². The van der Waals surface area contributed by atoms with Gasteiger partial charge in [-0.15, -0.1) is 0 Å². The summed E-state index contributed by atoms with van der Waals surface area (Å²) in [5.41, 5.74) is 2.09. The second-order valence-electron chi connectivity index (χ2n) is 3.95. The summed E-state index contributed by atoms with van der Waals surface area (Å²) in [6.45, 7) is 2.08. The van der Waals surface area contributed by atoms with Gasteiger partial charge < -0.3 is 10.7 Å². The molecule has 88 valence electrons. The zero-order chi connectivity index (χ0) is 11.7. The quantitative estimate of drug-likeness (QED) is 0.543. The Kier molecular flexibility index (Phi) is 2.91. The molecule has 6 heteroatoms. The fourth-order valence-corrected chi connectivity index (χ4v) is 1.72. The number of hydrogen-bond acceptors (Lipinski definition) is 4. The molecule has 4 N–H and O–H groups in total. The van der Waals surface area contributed by atoms with Crippen molar-refractivity contribution >= 4 is 11.6 Å². The smallest absolute Gasteiger partial charge is 0.178 e. The molecule has 1 saturated carbocycles. The molecule has 0 spiro atoms. The number of hydrazine groups is 1. The van der Waals surface area contributed by atoms with Crippen molar-refractivity contribution in [1.82, 2.24) is 4.98 Å². The van der Waals surface area contributed by atoms with Crippen molar-refractivity contribution in [3.63, 3.8) is 0 Å². The van der Waals surface area contributed by atoms with Crippen LogP contribution in [0.1, 0.15) is 19.8 Å². The van der Waals surface area contributed by atoms with E-state index in [1.165, 1.54) is 0 Å². The van der Waals surface area contributed by atoms with Gasteiger partial charge in [0.2, 0.25) is 0 Å². The van der Waals surface area contributed by atoms with E-state index in [1.54, 1.807) is 0 Å². The topological polar surface area (TPSA) is 63.0 Å². The molecule has 0 amide bonds. The second kappa shape index (κ2) is 4.21. The van der Waals surface area contributed by atoms with Crippen LogP contribution in [0.5, 0.6) is 0 Å². The van der Waals surface area contributed by atoms with Crippen LogP contribution in [0.3, 0.4) is 0 Å². The normalized spacial score (nSPS) is 23.0. The van der Waals surface area contributed by atoms with Crippen molar-refractivity contribution in [3.8, 4) is 0 Å². The van der Waals surface area contributed by atoms with Crippen LogP contribution in [-0.2, 0) is 0 Å². The van der Waals surface area contributed by atoms with Gasteiger partial charge in [0.1, 0.15) is 0 Å². The maximum Gasteiger partial charge on any atom is 0.178 e. The van der Waals surface area contributed by atoms with Crippen LogP contribution in [0.15, 0.2) is 6.07 Å². The molecule has 0 saturated heterocycles. The van der Waals surface area contributed by atoms with Gasteiger partial charge in [0.15, 0.2) is 23.3 Å². The number of rotatable bonds is 4. The number of nitrogen functional groups attached to an aromatic ring is 1. The van der Waals surface area contributed by atoms with E-state index in [4.69, 9.17) is 5.84 Å². The SMILES string of the molecule is CCC1CC1Nc1nc(NN)c(F)cc1F. The summed E-state index contributed by atoms with van der Waals surface area (Å²) in [5.74, 6) is 4.03. The fourth-order valence-electron chi connectivity index (χ4n) is 1.72. The Balaban J connectivity index is 2.14. The van der Waals surface area contributed by atoms with Crippen LogP contribution in [0, 0.1) is 17.6 Å². The Morgan fingerprint density at radius 2 is 2.12 bits per heavy atom. The Labute approximate surface area is 92.2 Å². The molecule has 2 atom stereocenters. The third-order valence-corrected chi connectivity index (χ3v) is 2.84. The summed E-state index contributed by atoms with van der Waals surface area (Å²) in [4.78, 5) is 3.74. The molecule has 1 aromatic rings. The summed E-state index contributed by atoms with van der Waals surface area (Å²) in [6.07, 6.45) is 2.04. The molecule has 0 radical (unpaired) electrons. The molecule has 4 nitrogen and oxygen atoms in total. The third-order valence-electron chi connectivity index (χ3n) is 2.84. The van der Waals surface area contributed by atoms with Gasteiger partial charge in [-0.3, -0.25) is 0 Å². The van der Waals surface area contributed by atoms with Crippen LogP contribution < -0.4 is 16.6 Å². The molecule has 0 aliphatic heterocycles. The number of pyridine rings is 1. The van der Waals surface area contributed by atoms with E-state index in [0.717, 1.165) is 18.9 Å². The number of halogens is 2. The fraction of sp³-hybridized carbons (Fsp3) is 0.500. The largest absolute Gasteiger partial charge is 0.365 e. The lowest BCUT2D eigenvalue weighted by molar-refractivity contribution is 0.577. The number of anilines is 2. The maximum absolute atomic E-state index is 13.4. The minimum absolute atomic E-state index is 0.0512. The van der Waals surface area contributed by atoms with Crippen LogP contribution in [0.25, 0.3) is 0 Å². The van der Waals surface area contributed by atoms with Crippen LogP contribution in [0.4, 0.5) is 20.4 Å². The van der Waals surface area contributed by atoms with Crippen LogP contribution in [-0.4, -0.2) is 11.0 Å². The van der Waals surface area contributed by atoms with Gasteiger partial charge in [-0.05, 0) is 12.3 Å². The maximum atomic E-state index is 13.4. The van der Waals surface area contributed by atoms with Crippen molar-refractivity contribution in [1.29, 1.82) is 0 Å². The first-order valence-corrected chi connectivity index (χ1v) is 5.25. The molecular formula is C10H14F2N4. The lowest BCUT2D eigenvalue weighted by Gasteiger charge is -2.08. The van der Waals surface area contributed by atoms with E-state index in [2.05, 4.69) is 22.7 Å². The molecule has 0 bridgehead atoms. The van der Waals surface area contributed by atoms with Crippen molar-refractivity contribution in [2.75, 3.05) is 10.7 Å². The van der Waals surface area contributed by atoms with E-state index >= 15 is 0 Å². The van der Waals surface area contributed by atoms with Gasteiger partial charge in [0.05, 0.1) is 0 Å². The predicted octanol–water partition coefficient (Wildman–Crippen LogP) is 1.86. The molecule has 1 heterocycles. The second-order valence-corrected chi connectivity index (χ2v) is 3.95. The van der Waals surface area contributed by atoms with Crippen molar-refractivity contribution < 1.29 is 8.78 Å². The molecule has 2 rings (SSSR count). The van der Waals surface area contributed by atoms with Gasteiger partial charge in [-0.2, -0.15) is 0 Å². The molecule has 16 heavy (non-hydrogen) atoms. The summed E-state index contributed by atoms with van der Waals surface area (Å²) >= 11 is 0. The number of hydrogen-bond donors (Lipinski definition) is 3. The number of nitrogens with zero attached hydrogens (tertiary/aromatic N) is 1. The first kappa shape index (κ1) is 11.1. The summed E-state index contributed by atoms with van der Waals surface area (Å²) in [5, 5.41) is 2.94. The first-order valence-electron chi connectivity index (χ1n) is 5.25. The number of nitrogens with two attached hydrogens (primary N) is 1. The average molecular weight is 228 g/mol. The van der Waals surface area contributed by atoms with Gasteiger partial charge in [0, 0.05) is 12.1 Å². The van der Waals surface area contributed by atoms with Crippen molar-refractivity contribution in [3.05, 3.63) is 17.7 Å². The van der Waals surface area contributed by atoms with E-state index in [9.17, 15) is 8.78 Å². The van der Waals surface area contributed by atoms with Crippen LogP contribution >= 0.6 is 0 Å². The Morgan fingerprint density at radius 3 is 2.69 bits per heavy atom. The molecule has 1 fully saturated rings. The van der Waals surface area contributed by atoms with E-state index in [-0.39, 0.29) is 17.7 Å². The summed E-state index contributed by atoms with van der Waals surface area (Å²) in [6, 6.07) is 1.01. The lowest BCUT2D eigenvalue weighted by Crippen LogP contribution is -2.14. The number of aromatic nitrogens is 1. The highest BCUT2D eigenvalue weighted by Gasteiger charge is 2.36. The minimum atomic E-state index is -0.798. The standard InChI is InChI=1S/C10H14F2N4/c1-2-5-3-8(5)14-9-6(11)4-7(12)10(15-9)16-13/h4-5,8H,2-3,13H2,1H3,(H2,14,15,16). The summed E-state index contributed by atoms with van der Waals surface area (Å²) < 4.78 is 26.4. The van der Waals surface area contributed by atoms with E-state index in [1.807, 2.05) is 0 Å². The highest BCUT2D eigenvalue weighted by Crippen LogP contribution is 2.36. The lowest BCUT2D eigenvalue weighted by atomic mass is 10.3. The van der Waals surface area contributed by atoms with Crippen LogP contribution in [0.2, 0.25) is 0 Å². The first-order chi connectivity index (χ1) is 7.65. The predicted molar refractivity (Wildman–Crippen MR) is 57.8 cm³/mol. The van der Waals surface area contributed by atoms with Crippen molar-refractivity contribution in [2.24, 2.45) is 11.8 Å². The third kappa shape index (κ3) is 2.06. The molecular weight excluding hydrogens is 214 g/mol. The molecule has 2 unspecified atom stereocenters. The summed E-state index contributed by atoms with van der Waals surface area (Å²) in [7, 11) is 0. The molecule has 1 aromatic heterocycles. The molecule has 1 aliphatic carbocycles. The van der Waals surface area contributed by atoms with Crippen molar-refractivity contribution in [2.45, 2.75) is 25.8 Å².